The van der Waals surface area contributed by atoms with E-state index in [0.717, 1.165) is 6.92 Å². The van der Waals surface area contributed by atoms with Crippen LogP contribution in [0.25, 0.3) is 0 Å². The SMILES string of the molecule is C=C1C(OC(=O)C(C)C(C)OC(C)=O)CC(C(C)COC(C)=O)C(O)C=C(COC(C)=O)CC(O)C1OC(C)=O. The predicted molar refractivity (Wildman–Crippen MR) is 140 cm³/mol. The third-order valence-corrected chi connectivity index (χ3v) is 6.65. The first-order valence-electron chi connectivity index (χ1n) is 13.1. The van der Waals surface area contributed by atoms with Crippen LogP contribution in [0, 0.1) is 17.8 Å². The molecule has 0 radical (unpaired) electrons. The quantitative estimate of drug-likeness (QED) is 0.222. The number of ether oxygens (including phenoxy) is 5. The highest BCUT2D eigenvalue weighted by atomic mass is 16.6. The average molecular weight is 571 g/mol. The molecule has 0 amide bonds. The largest absolute Gasteiger partial charge is 0.466 e. The summed E-state index contributed by atoms with van der Waals surface area (Å²) in [5, 5.41) is 22.3. The van der Waals surface area contributed by atoms with Gasteiger partial charge in [0.05, 0.1) is 24.7 Å². The van der Waals surface area contributed by atoms with Gasteiger partial charge in [-0.15, -0.1) is 0 Å². The number of rotatable bonds is 10. The average Bonchev–Trinajstić information content (AvgIpc) is 2.84. The fraction of sp³-hybridized carbons (Fsp3) is 0.679. The lowest BCUT2D eigenvalue weighted by Crippen LogP contribution is -2.43. The molecule has 0 fully saturated rings. The molecule has 0 heterocycles. The van der Waals surface area contributed by atoms with Gasteiger partial charge in [-0.1, -0.05) is 19.6 Å². The summed E-state index contributed by atoms with van der Waals surface area (Å²) >= 11 is 0. The van der Waals surface area contributed by atoms with Gasteiger partial charge in [-0.2, -0.15) is 0 Å². The van der Waals surface area contributed by atoms with Gasteiger partial charge in [-0.05, 0) is 37.7 Å². The zero-order chi connectivity index (χ0) is 30.7. The zero-order valence-corrected chi connectivity index (χ0v) is 24.2. The standard InChI is InChI=1S/C28H42O12/c1-14(12-36-18(5)29)23-11-26(40-28(35)15(2)17(4)38-20(7)31)16(3)27(39-21(8)32)25(34)10-22(9-24(23)33)13-37-19(6)30/h9,14-15,17,23-27,33-34H,3,10-13H2,1-2,4-8H3. The van der Waals surface area contributed by atoms with Gasteiger partial charge in [0.15, 0.2) is 6.10 Å². The maximum absolute atomic E-state index is 13.1. The molecule has 0 aliphatic heterocycles. The van der Waals surface area contributed by atoms with E-state index in [-0.39, 0.29) is 31.6 Å². The van der Waals surface area contributed by atoms with Crippen molar-refractivity contribution >= 4 is 29.8 Å². The van der Waals surface area contributed by atoms with Crippen molar-refractivity contribution < 1.29 is 57.9 Å². The lowest BCUT2D eigenvalue weighted by atomic mass is 9.79. The molecule has 0 aromatic rings. The molecule has 1 aliphatic carbocycles. The number of carbonyl (C=O) groups is 5. The first kappa shape index (κ1) is 34.8. The second-order valence-corrected chi connectivity index (χ2v) is 10.2. The summed E-state index contributed by atoms with van der Waals surface area (Å²) in [6.45, 7) is 13.3. The van der Waals surface area contributed by atoms with E-state index in [2.05, 4.69) is 6.58 Å². The van der Waals surface area contributed by atoms with E-state index in [1.165, 1.54) is 40.7 Å². The minimum Gasteiger partial charge on any atom is -0.466 e. The first-order valence-corrected chi connectivity index (χ1v) is 13.1. The van der Waals surface area contributed by atoms with Crippen molar-refractivity contribution in [1.82, 2.24) is 0 Å². The molecule has 8 atom stereocenters. The Balaban J connectivity index is 3.54. The van der Waals surface area contributed by atoms with Gasteiger partial charge >= 0.3 is 29.8 Å². The summed E-state index contributed by atoms with van der Waals surface area (Å²) < 4.78 is 26.5. The molecule has 40 heavy (non-hydrogen) atoms. The van der Waals surface area contributed by atoms with Crippen LogP contribution in [-0.2, 0) is 47.7 Å². The Morgan fingerprint density at radius 1 is 0.925 bits per heavy atom. The van der Waals surface area contributed by atoms with Crippen LogP contribution in [0.4, 0.5) is 0 Å². The third kappa shape index (κ3) is 11.5. The van der Waals surface area contributed by atoms with Crippen LogP contribution < -0.4 is 0 Å². The van der Waals surface area contributed by atoms with Gasteiger partial charge < -0.3 is 33.9 Å². The lowest BCUT2D eigenvalue weighted by molar-refractivity contribution is -0.163. The fourth-order valence-electron chi connectivity index (χ4n) is 4.28. The monoisotopic (exact) mass is 570 g/mol. The Bertz CT molecular complexity index is 970. The van der Waals surface area contributed by atoms with Crippen molar-refractivity contribution in [3.8, 4) is 0 Å². The molecule has 0 saturated heterocycles. The number of esters is 5. The Morgan fingerprint density at radius 2 is 1.52 bits per heavy atom. The Labute approximate surface area is 234 Å². The minimum absolute atomic E-state index is 0.0500. The molecule has 0 bridgehead atoms. The number of carbonyl (C=O) groups excluding carboxylic acids is 5. The zero-order valence-electron chi connectivity index (χ0n) is 24.2. The number of hydrogen-bond acceptors (Lipinski definition) is 12. The highest BCUT2D eigenvalue weighted by Gasteiger charge is 2.39. The van der Waals surface area contributed by atoms with Crippen molar-refractivity contribution in [2.24, 2.45) is 17.8 Å². The molecule has 226 valence electrons. The maximum atomic E-state index is 13.1. The number of aliphatic hydroxyl groups is 2. The maximum Gasteiger partial charge on any atom is 0.313 e. The van der Waals surface area contributed by atoms with Gasteiger partial charge in [-0.25, -0.2) is 0 Å². The van der Waals surface area contributed by atoms with Crippen molar-refractivity contribution in [2.45, 2.75) is 91.8 Å². The molecule has 0 spiro atoms. The van der Waals surface area contributed by atoms with Crippen LogP contribution in [0.1, 0.15) is 61.3 Å². The molecule has 8 unspecified atom stereocenters. The van der Waals surface area contributed by atoms with Crippen LogP contribution >= 0.6 is 0 Å². The minimum atomic E-state index is -1.39. The van der Waals surface area contributed by atoms with Gasteiger partial charge in [0.25, 0.3) is 0 Å². The topological polar surface area (TPSA) is 172 Å². The predicted octanol–water partition coefficient (Wildman–Crippen LogP) is 1.79. The van der Waals surface area contributed by atoms with Gasteiger partial charge in [0, 0.05) is 39.7 Å². The summed E-state index contributed by atoms with van der Waals surface area (Å²) in [6.07, 6.45) is -4.72. The smallest absolute Gasteiger partial charge is 0.313 e. The molecule has 0 saturated carbocycles. The van der Waals surface area contributed by atoms with Gasteiger partial charge in [-0.3, -0.25) is 24.0 Å². The van der Waals surface area contributed by atoms with E-state index in [4.69, 9.17) is 23.7 Å². The molecular weight excluding hydrogens is 528 g/mol. The Morgan fingerprint density at radius 3 is 2.05 bits per heavy atom. The normalized spacial score (nSPS) is 25.8. The Hall–Kier alpha value is -3.25. The third-order valence-electron chi connectivity index (χ3n) is 6.65. The van der Waals surface area contributed by atoms with E-state index in [9.17, 15) is 34.2 Å². The highest BCUT2D eigenvalue weighted by Crippen LogP contribution is 2.33. The van der Waals surface area contributed by atoms with Crippen molar-refractivity contribution in [3.05, 3.63) is 23.8 Å². The molecule has 1 aliphatic rings. The number of hydrogen-bond donors (Lipinski definition) is 2. The summed E-state index contributed by atoms with van der Waals surface area (Å²) in [5.74, 6) is -5.20. The van der Waals surface area contributed by atoms with Crippen molar-refractivity contribution in [2.75, 3.05) is 13.2 Å². The van der Waals surface area contributed by atoms with E-state index < -0.39 is 78.1 Å². The molecule has 2 N–H and O–H groups in total. The summed E-state index contributed by atoms with van der Waals surface area (Å²) in [7, 11) is 0. The fourth-order valence-corrected chi connectivity index (χ4v) is 4.28. The van der Waals surface area contributed by atoms with E-state index in [1.807, 2.05) is 0 Å². The number of aliphatic hydroxyl groups excluding tert-OH is 2. The van der Waals surface area contributed by atoms with Crippen molar-refractivity contribution in [3.63, 3.8) is 0 Å². The van der Waals surface area contributed by atoms with E-state index in [1.54, 1.807) is 6.92 Å². The van der Waals surface area contributed by atoms with Crippen molar-refractivity contribution in [1.29, 1.82) is 0 Å². The van der Waals surface area contributed by atoms with E-state index in [0.29, 0.717) is 5.57 Å². The molecule has 0 aromatic heterocycles. The molecule has 0 aromatic carbocycles. The lowest BCUT2D eigenvalue weighted by Gasteiger charge is -2.36. The van der Waals surface area contributed by atoms with Crippen LogP contribution in [-0.4, -0.2) is 83.8 Å². The van der Waals surface area contributed by atoms with Crippen LogP contribution in [0.15, 0.2) is 23.8 Å². The van der Waals surface area contributed by atoms with E-state index >= 15 is 0 Å². The highest BCUT2D eigenvalue weighted by molar-refractivity contribution is 5.74. The Kier molecular flexibility index (Phi) is 14.0. The summed E-state index contributed by atoms with van der Waals surface area (Å²) in [6, 6.07) is 0. The van der Waals surface area contributed by atoms with Crippen LogP contribution in [0.2, 0.25) is 0 Å². The molecule has 12 heteroatoms. The van der Waals surface area contributed by atoms with Gasteiger partial charge in [0.1, 0.15) is 18.8 Å². The summed E-state index contributed by atoms with van der Waals surface area (Å²) in [4.78, 5) is 59.3. The van der Waals surface area contributed by atoms with Crippen LogP contribution in [0.3, 0.4) is 0 Å². The second kappa shape index (κ2) is 16.1. The molecule has 12 nitrogen and oxygen atoms in total. The van der Waals surface area contributed by atoms with Crippen LogP contribution in [0.5, 0.6) is 0 Å². The van der Waals surface area contributed by atoms with Gasteiger partial charge in [0.2, 0.25) is 0 Å². The summed E-state index contributed by atoms with van der Waals surface area (Å²) in [5.41, 5.74) is 0.401. The second-order valence-electron chi connectivity index (χ2n) is 10.2. The molecular formula is C28H42O12. The first-order chi connectivity index (χ1) is 18.5. The molecule has 1 rings (SSSR count).